The van der Waals surface area contributed by atoms with Crippen LogP contribution in [0.5, 0.6) is 5.75 Å². The van der Waals surface area contributed by atoms with Crippen molar-refractivity contribution in [2.24, 2.45) is 0 Å². The fraction of sp³-hybridized carbons (Fsp3) is 0.647. The van der Waals surface area contributed by atoms with Crippen molar-refractivity contribution in [1.29, 1.82) is 0 Å². The maximum atomic E-state index is 10.2. The van der Waals surface area contributed by atoms with Crippen LogP contribution in [0, 0.1) is 0 Å². The van der Waals surface area contributed by atoms with Crippen molar-refractivity contribution < 1.29 is 14.6 Å². The highest BCUT2D eigenvalue weighted by atomic mass is 16.5. The Balaban J connectivity index is 2.27. The number of para-hydroxylation sites is 1. The van der Waals surface area contributed by atoms with Crippen LogP contribution in [0.25, 0.3) is 0 Å². The summed E-state index contributed by atoms with van der Waals surface area (Å²) in [5.41, 5.74) is 0.806. The Morgan fingerprint density at radius 3 is 2.55 bits per heavy atom. The molecule has 0 radical (unpaired) electrons. The molecule has 20 heavy (non-hydrogen) atoms. The van der Waals surface area contributed by atoms with Gasteiger partial charge >= 0.3 is 0 Å². The third-order valence-corrected chi connectivity index (χ3v) is 3.25. The zero-order valence-corrected chi connectivity index (χ0v) is 12.8. The first kappa shape index (κ1) is 17.0. The lowest BCUT2D eigenvalue weighted by Crippen LogP contribution is -2.10. The van der Waals surface area contributed by atoms with Crippen molar-refractivity contribution in [2.75, 3.05) is 19.8 Å². The van der Waals surface area contributed by atoms with Crippen LogP contribution in [0.15, 0.2) is 24.3 Å². The first-order valence-corrected chi connectivity index (χ1v) is 7.77. The Hall–Kier alpha value is -1.06. The Kier molecular flexibility index (Phi) is 9.09. The van der Waals surface area contributed by atoms with Gasteiger partial charge in [-0.1, -0.05) is 50.8 Å². The van der Waals surface area contributed by atoms with Crippen LogP contribution >= 0.6 is 0 Å². The first-order chi connectivity index (χ1) is 9.79. The van der Waals surface area contributed by atoms with E-state index in [1.54, 1.807) is 0 Å². The highest BCUT2D eigenvalue weighted by Gasteiger charge is 2.12. The van der Waals surface area contributed by atoms with E-state index in [0.29, 0.717) is 13.2 Å². The quantitative estimate of drug-likeness (QED) is 0.620. The molecule has 1 unspecified atom stereocenters. The van der Waals surface area contributed by atoms with E-state index in [-0.39, 0.29) is 0 Å². The molecule has 114 valence electrons. The number of aliphatic hydroxyl groups is 1. The minimum atomic E-state index is -0.617. The standard InChI is InChI=1S/C17H28O3/c1-3-5-6-7-10-13-19-14-16(18)15-11-8-9-12-17(15)20-4-2/h8-9,11-12,16,18H,3-7,10,13-14H2,1-2H3. The summed E-state index contributed by atoms with van der Waals surface area (Å²) in [6.45, 7) is 5.80. The van der Waals surface area contributed by atoms with E-state index in [9.17, 15) is 5.11 Å². The van der Waals surface area contributed by atoms with Crippen LogP contribution in [-0.4, -0.2) is 24.9 Å². The molecule has 0 aliphatic heterocycles. The van der Waals surface area contributed by atoms with Gasteiger partial charge in [-0.25, -0.2) is 0 Å². The molecular weight excluding hydrogens is 252 g/mol. The van der Waals surface area contributed by atoms with Crippen molar-refractivity contribution >= 4 is 0 Å². The number of hydrogen-bond donors (Lipinski definition) is 1. The van der Waals surface area contributed by atoms with E-state index in [0.717, 1.165) is 24.3 Å². The number of unbranched alkanes of at least 4 members (excludes halogenated alkanes) is 4. The van der Waals surface area contributed by atoms with E-state index in [1.807, 2.05) is 31.2 Å². The average molecular weight is 280 g/mol. The maximum Gasteiger partial charge on any atom is 0.125 e. The molecule has 1 N–H and O–H groups in total. The minimum Gasteiger partial charge on any atom is -0.493 e. The predicted molar refractivity (Wildman–Crippen MR) is 82.1 cm³/mol. The fourth-order valence-electron chi connectivity index (χ4n) is 2.14. The third-order valence-electron chi connectivity index (χ3n) is 3.25. The smallest absolute Gasteiger partial charge is 0.125 e. The normalized spacial score (nSPS) is 12.3. The van der Waals surface area contributed by atoms with Gasteiger partial charge in [0.1, 0.15) is 11.9 Å². The van der Waals surface area contributed by atoms with E-state index in [1.165, 1.54) is 25.7 Å². The van der Waals surface area contributed by atoms with Gasteiger partial charge in [-0.3, -0.25) is 0 Å². The maximum absolute atomic E-state index is 10.2. The topological polar surface area (TPSA) is 38.7 Å². The van der Waals surface area contributed by atoms with Crippen molar-refractivity contribution in [2.45, 2.75) is 52.1 Å². The van der Waals surface area contributed by atoms with Gasteiger partial charge in [-0.2, -0.15) is 0 Å². The van der Waals surface area contributed by atoms with Crippen molar-refractivity contribution in [3.05, 3.63) is 29.8 Å². The van der Waals surface area contributed by atoms with Crippen LogP contribution in [0.1, 0.15) is 57.6 Å². The fourth-order valence-corrected chi connectivity index (χ4v) is 2.14. The van der Waals surface area contributed by atoms with Gasteiger partial charge in [-0.05, 0) is 19.4 Å². The molecule has 0 bridgehead atoms. The Bertz CT molecular complexity index is 352. The molecule has 1 rings (SSSR count). The van der Waals surface area contributed by atoms with Crippen LogP contribution in [0.4, 0.5) is 0 Å². The van der Waals surface area contributed by atoms with Gasteiger partial charge in [0.2, 0.25) is 0 Å². The molecular formula is C17H28O3. The van der Waals surface area contributed by atoms with E-state index < -0.39 is 6.10 Å². The number of ether oxygens (including phenoxy) is 2. The molecule has 1 aromatic carbocycles. The van der Waals surface area contributed by atoms with Crippen molar-refractivity contribution in [3.8, 4) is 5.75 Å². The average Bonchev–Trinajstić information content (AvgIpc) is 2.47. The molecule has 0 aliphatic carbocycles. The van der Waals surface area contributed by atoms with Gasteiger partial charge in [0.25, 0.3) is 0 Å². The molecule has 0 aromatic heterocycles. The summed E-state index contributed by atoms with van der Waals surface area (Å²) < 4.78 is 11.1. The summed E-state index contributed by atoms with van der Waals surface area (Å²) in [5.74, 6) is 0.744. The summed E-state index contributed by atoms with van der Waals surface area (Å²) >= 11 is 0. The zero-order chi connectivity index (χ0) is 14.6. The van der Waals surface area contributed by atoms with E-state index in [4.69, 9.17) is 9.47 Å². The van der Waals surface area contributed by atoms with Crippen LogP contribution in [0.2, 0.25) is 0 Å². The van der Waals surface area contributed by atoms with Gasteiger partial charge in [0, 0.05) is 12.2 Å². The Morgan fingerprint density at radius 2 is 1.80 bits per heavy atom. The SMILES string of the molecule is CCCCCCCOCC(O)c1ccccc1OCC. The first-order valence-electron chi connectivity index (χ1n) is 7.77. The van der Waals surface area contributed by atoms with Crippen molar-refractivity contribution in [1.82, 2.24) is 0 Å². The molecule has 1 atom stereocenters. The Morgan fingerprint density at radius 1 is 1.05 bits per heavy atom. The van der Waals surface area contributed by atoms with Gasteiger partial charge < -0.3 is 14.6 Å². The van der Waals surface area contributed by atoms with E-state index >= 15 is 0 Å². The molecule has 3 heteroatoms. The minimum absolute atomic E-state index is 0.331. The summed E-state index contributed by atoms with van der Waals surface area (Å²) in [6.07, 6.45) is 5.49. The van der Waals surface area contributed by atoms with Crippen LogP contribution < -0.4 is 4.74 Å². The lowest BCUT2D eigenvalue weighted by atomic mass is 10.1. The largest absolute Gasteiger partial charge is 0.493 e. The second kappa shape index (κ2) is 10.7. The number of aliphatic hydroxyl groups excluding tert-OH is 1. The second-order valence-corrected chi connectivity index (χ2v) is 4.98. The lowest BCUT2D eigenvalue weighted by molar-refractivity contribution is 0.0330. The molecule has 0 saturated heterocycles. The predicted octanol–water partition coefficient (Wildman–Crippen LogP) is 4.11. The van der Waals surface area contributed by atoms with Crippen LogP contribution in [-0.2, 0) is 4.74 Å². The van der Waals surface area contributed by atoms with Gasteiger partial charge in [0.15, 0.2) is 0 Å². The Labute approximate surface area is 122 Å². The lowest BCUT2D eigenvalue weighted by Gasteiger charge is -2.15. The highest BCUT2D eigenvalue weighted by molar-refractivity contribution is 5.35. The molecule has 0 fully saturated rings. The molecule has 1 aromatic rings. The summed E-state index contributed by atoms with van der Waals surface area (Å²) in [7, 11) is 0. The summed E-state index contributed by atoms with van der Waals surface area (Å²) in [5, 5.41) is 10.2. The number of rotatable bonds is 11. The molecule has 3 nitrogen and oxygen atoms in total. The molecule has 0 saturated carbocycles. The third kappa shape index (κ3) is 6.40. The zero-order valence-electron chi connectivity index (χ0n) is 12.8. The second-order valence-electron chi connectivity index (χ2n) is 4.98. The molecule has 0 heterocycles. The molecule has 0 spiro atoms. The number of benzene rings is 1. The van der Waals surface area contributed by atoms with E-state index in [2.05, 4.69) is 6.92 Å². The van der Waals surface area contributed by atoms with Crippen LogP contribution in [0.3, 0.4) is 0 Å². The monoisotopic (exact) mass is 280 g/mol. The van der Waals surface area contributed by atoms with Gasteiger partial charge in [0.05, 0.1) is 13.2 Å². The molecule has 0 aliphatic rings. The van der Waals surface area contributed by atoms with Crippen molar-refractivity contribution in [3.63, 3.8) is 0 Å². The van der Waals surface area contributed by atoms with Gasteiger partial charge in [-0.15, -0.1) is 0 Å². The number of hydrogen-bond acceptors (Lipinski definition) is 3. The molecule has 0 amide bonds. The summed E-state index contributed by atoms with van der Waals surface area (Å²) in [6, 6.07) is 7.59. The summed E-state index contributed by atoms with van der Waals surface area (Å²) in [4.78, 5) is 0. The highest BCUT2D eigenvalue weighted by Crippen LogP contribution is 2.25.